The fourth-order valence-electron chi connectivity index (χ4n) is 2.80. The van der Waals surface area contributed by atoms with Crippen LogP contribution in [0.15, 0.2) is 72.3 Å². The van der Waals surface area contributed by atoms with Crippen molar-refractivity contribution >= 4 is 34.0 Å². The molecule has 0 aliphatic heterocycles. The summed E-state index contributed by atoms with van der Waals surface area (Å²) in [5.74, 6) is 0. The Morgan fingerprint density at radius 3 is 2.39 bits per heavy atom. The highest BCUT2D eigenvalue weighted by molar-refractivity contribution is 14.1. The number of aryl methyl sites for hydroxylation is 1. The van der Waals surface area contributed by atoms with Gasteiger partial charge in [0.2, 0.25) is 0 Å². The summed E-state index contributed by atoms with van der Waals surface area (Å²) in [6.07, 6.45) is 4.62. The molecule has 0 spiro atoms. The molecular formula is C20H19FIN. The Morgan fingerprint density at radius 2 is 1.74 bits per heavy atom. The van der Waals surface area contributed by atoms with Crippen LogP contribution >= 0.6 is 22.6 Å². The van der Waals surface area contributed by atoms with Crippen molar-refractivity contribution in [2.75, 3.05) is 4.90 Å². The Labute approximate surface area is 150 Å². The first-order valence-electron chi connectivity index (χ1n) is 7.67. The number of alkyl halides is 1. The van der Waals surface area contributed by atoms with Gasteiger partial charge < -0.3 is 4.90 Å². The standard InChI is InChI=1S/C20H19FIN/c1-14-8-11-20(18(21)12-14)23(16-6-4-3-5-7-16)17-10-9-15(2)19(22)13-17/h3-13,18,20H,1-2H3. The van der Waals surface area contributed by atoms with Gasteiger partial charge in [0.1, 0.15) is 6.17 Å². The zero-order valence-electron chi connectivity index (χ0n) is 13.2. The summed E-state index contributed by atoms with van der Waals surface area (Å²) in [5, 5.41) is 0. The van der Waals surface area contributed by atoms with Crippen molar-refractivity contribution in [2.45, 2.75) is 26.1 Å². The molecule has 3 heteroatoms. The van der Waals surface area contributed by atoms with E-state index in [2.05, 4.69) is 52.6 Å². The molecule has 0 aromatic heterocycles. The van der Waals surface area contributed by atoms with Crippen LogP contribution in [0.25, 0.3) is 0 Å². The lowest BCUT2D eigenvalue weighted by molar-refractivity contribution is 0.364. The number of benzene rings is 2. The van der Waals surface area contributed by atoms with Crippen LogP contribution in [0.5, 0.6) is 0 Å². The highest BCUT2D eigenvalue weighted by Gasteiger charge is 2.27. The number of nitrogens with zero attached hydrogens (tertiary/aromatic N) is 1. The van der Waals surface area contributed by atoms with E-state index >= 15 is 0 Å². The third-order valence-electron chi connectivity index (χ3n) is 4.07. The second kappa shape index (κ2) is 6.87. The van der Waals surface area contributed by atoms with Gasteiger partial charge in [0.05, 0.1) is 6.04 Å². The summed E-state index contributed by atoms with van der Waals surface area (Å²) in [4.78, 5) is 2.08. The van der Waals surface area contributed by atoms with E-state index in [1.807, 2.05) is 49.4 Å². The van der Waals surface area contributed by atoms with Gasteiger partial charge >= 0.3 is 0 Å². The topological polar surface area (TPSA) is 3.24 Å². The third-order valence-corrected chi connectivity index (χ3v) is 5.23. The smallest absolute Gasteiger partial charge is 0.143 e. The van der Waals surface area contributed by atoms with E-state index in [0.29, 0.717) is 0 Å². The lowest BCUT2D eigenvalue weighted by Gasteiger charge is -2.35. The molecule has 0 bridgehead atoms. The lowest BCUT2D eigenvalue weighted by Crippen LogP contribution is -2.38. The molecule has 0 amide bonds. The zero-order chi connectivity index (χ0) is 16.4. The number of para-hydroxylation sites is 1. The fraction of sp³-hybridized carbons (Fsp3) is 0.200. The average molecular weight is 419 g/mol. The van der Waals surface area contributed by atoms with Gasteiger partial charge in [0, 0.05) is 14.9 Å². The number of halogens is 2. The van der Waals surface area contributed by atoms with Crippen molar-refractivity contribution in [3.8, 4) is 0 Å². The van der Waals surface area contributed by atoms with E-state index in [-0.39, 0.29) is 6.04 Å². The molecule has 0 heterocycles. The monoisotopic (exact) mass is 419 g/mol. The molecule has 2 aromatic rings. The third kappa shape index (κ3) is 3.50. The van der Waals surface area contributed by atoms with Gasteiger partial charge in [0.15, 0.2) is 0 Å². The molecule has 0 saturated carbocycles. The molecule has 0 saturated heterocycles. The number of hydrogen-bond acceptors (Lipinski definition) is 1. The van der Waals surface area contributed by atoms with Crippen molar-refractivity contribution in [3.63, 3.8) is 0 Å². The maximum atomic E-state index is 14.7. The summed E-state index contributed by atoms with van der Waals surface area (Å²) in [6, 6.07) is 16.0. The minimum atomic E-state index is -1.03. The van der Waals surface area contributed by atoms with E-state index in [1.54, 1.807) is 6.08 Å². The Balaban J connectivity index is 2.08. The van der Waals surface area contributed by atoms with Crippen LogP contribution in [-0.4, -0.2) is 12.2 Å². The summed E-state index contributed by atoms with van der Waals surface area (Å²) in [7, 11) is 0. The maximum absolute atomic E-state index is 14.7. The SMILES string of the molecule is CC1=CC(F)C(N(c2ccccc2)c2ccc(C)c(I)c2)C=C1. The Morgan fingerprint density at radius 1 is 1.00 bits per heavy atom. The van der Waals surface area contributed by atoms with Crippen LogP contribution in [-0.2, 0) is 0 Å². The van der Waals surface area contributed by atoms with E-state index in [0.717, 1.165) is 16.9 Å². The van der Waals surface area contributed by atoms with Crippen LogP contribution in [0, 0.1) is 10.5 Å². The average Bonchev–Trinajstić information content (AvgIpc) is 2.54. The largest absolute Gasteiger partial charge is 0.331 e. The van der Waals surface area contributed by atoms with Crippen molar-refractivity contribution < 1.29 is 4.39 Å². The second-order valence-corrected chi connectivity index (χ2v) is 7.01. The highest BCUT2D eigenvalue weighted by atomic mass is 127. The van der Waals surface area contributed by atoms with Crippen LogP contribution in [0.3, 0.4) is 0 Å². The van der Waals surface area contributed by atoms with Crippen molar-refractivity contribution in [3.05, 3.63) is 81.5 Å². The first-order valence-corrected chi connectivity index (χ1v) is 8.75. The number of hydrogen-bond donors (Lipinski definition) is 0. The molecule has 2 unspecified atom stereocenters. The van der Waals surface area contributed by atoms with Gasteiger partial charge in [0.25, 0.3) is 0 Å². The van der Waals surface area contributed by atoms with Gasteiger partial charge in [-0.3, -0.25) is 0 Å². The molecule has 1 nitrogen and oxygen atoms in total. The minimum Gasteiger partial charge on any atom is -0.331 e. The van der Waals surface area contributed by atoms with Gasteiger partial charge in [-0.2, -0.15) is 0 Å². The van der Waals surface area contributed by atoms with E-state index < -0.39 is 6.17 Å². The van der Waals surface area contributed by atoms with Crippen LogP contribution in [0.1, 0.15) is 12.5 Å². The molecule has 3 rings (SSSR count). The number of allylic oxidation sites excluding steroid dienone is 2. The summed E-state index contributed by atoms with van der Waals surface area (Å²) >= 11 is 2.33. The molecular weight excluding hydrogens is 400 g/mol. The van der Waals surface area contributed by atoms with Crippen LogP contribution < -0.4 is 4.90 Å². The van der Waals surface area contributed by atoms with E-state index in [4.69, 9.17) is 0 Å². The summed E-state index contributed by atoms with van der Waals surface area (Å²) in [5.41, 5.74) is 4.21. The van der Waals surface area contributed by atoms with Gasteiger partial charge in [-0.25, -0.2) is 4.39 Å². The Hall–Kier alpha value is -1.62. The Kier molecular flexibility index (Phi) is 4.85. The number of rotatable bonds is 3. The van der Waals surface area contributed by atoms with Crippen molar-refractivity contribution in [1.29, 1.82) is 0 Å². The highest BCUT2D eigenvalue weighted by Crippen LogP contribution is 2.33. The molecule has 0 radical (unpaired) electrons. The van der Waals surface area contributed by atoms with Gasteiger partial charge in [-0.15, -0.1) is 0 Å². The maximum Gasteiger partial charge on any atom is 0.143 e. The zero-order valence-corrected chi connectivity index (χ0v) is 15.4. The van der Waals surface area contributed by atoms with Gasteiger partial charge in [-0.05, 0) is 72.3 Å². The predicted molar refractivity (Wildman–Crippen MR) is 104 cm³/mol. The van der Waals surface area contributed by atoms with Crippen LogP contribution in [0.4, 0.5) is 15.8 Å². The molecule has 1 aliphatic carbocycles. The minimum absolute atomic E-state index is 0.334. The van der Waals surface area contributed by atoms with Crippen molar-refractivity contribution in [2.24, 2.45) is 0 Å². The first kappa shape index (κ1) is 16.2. The van der Waals surface area contributed by atoms with Crippen LogP contribution in [0.2, 0.25) is 0 Å². The summed E-state index contributed by atoms with van der Waals surface area (Å²) < 4.78 is 15.9. The van der Waals surface area contributed by atoms with E-state index in [1.165, 1.54) is 9.13 Å². The fourth-order valence-corrected chi connectivity index (χ4v) is 3.30. The Bertz CT molecular complexity index is 751. The molecule has 0 N–H and O–H groups in total. The molecule has 2 atom stereocenters. The molecule has 0 fully saturated rings. The van der Waals surface area contributed by atoms with Crippen molar-refractivity contribution in [1.82, 2.24) is 0 Å². The summed E-state index contributed by atoms with van der Waals surface area (Å²) in [6.45, 7) is 4.02. The molecule has 2 aromatic carbocycles. The predicted octanol–water partition coefficient (Wildman–Crippen LogP) is 5.96. The molecule has 23 heavy (non-hydrogen) atoms. The quantitative estimate of drug-likeness (QED) is 0.555. The molecule has 1 aliphatic rings. The second-order valence-electron chi connectivity index (χ2n) is 5.84. The van der Waals surface area contributed by atoms with E-state index in [9.17, 15) is 4.39 Å². The number of anilines is 2. The first-order chi connectivity index (χ1) is 11.1. The lowest BCUT2D eigenvalue weighted by atomic mass is 9.99. The molecule has 118 valence electrons. The normalized spacial score (nSPS) is 20.3. The van der Waals surface area contributed by atoms with Gasteiger partial charge in [-0.1, -0.05) is 42.0 Å².